The van der Waals surface area contributed by atoms with Gasteiger partial charge >= 0.3 is 5.69 Å². The Morgan fingerprint density at radius 3 is 3.06 bits per heavy atom. The average molecular weight is 235 g/mol. The Labute approximate surface area is 99.1 Å². The summed E-state index contributed by atoms with van der Waals surface area (Å²) in [7, 11) is 0. The van der Waals surface area contributed by atoms with Crippen LogP contribution in [0.2, 0.25) is 0 Å². The van der Waals surface area contributed by atoms with Gasteiger partial charge in [-0.2, -0.15) is 5.10 Å². The van der Waals surface area contributed by atoms with Crippen LogP contribution in [-0.2, 0) is 0 Å². The van der Waals surface area contributed by atoms with E-state index in [1.807, 2.05) is 0 Å². The summed E-state index contributed by atoms with van der Waals surface area (Å²) in [5.41, 5.74) is 0.350. The maximum Gasteiger partial charge on any atom is 0.349 e. The van der Waals surface area contributed by atoms with Gasteiger partial charge in [-0.15, -0.1) is 0 Å². The number of fused-ring (bicyclic) bond motifs is 1. The van der Waals surface area contributed by atoms with Crippen LogP contribution in [-0.4, -0.2) is 26.1 Å². The Kier molecular flexibility index (Phi) is 3.41. The highest BCUT2D eigenvalue weighted by Crippen LogP contribution is 2.08. The molecule has 0 radical (unpaired) electrons. The highest BCUT2D eigenvalue weighted by Gasteiger charge is 2.05. The fourth-order valence-corrected chi connectivity index (χ4v) is 1.78. The minimum Gasteiger partial charge on any atom is -0.370 e. The Balaban J connectivity index is 2.16. The quantitative estimate of drug-likeness (QED) is 0.767. The number of unbranched alkanes of at least 4 members (excludes halogenated alkanes) is 2. The Morgan fingerprint density at radius 1 is 1.47 bits per heavy atom. The molecule has 0 fully saturated rings. The Hall–Kier alpha value is -1.85. The standard InChI is InChI=1S/C11H17N5O/c1-3-4-5-6-12-9-7-10-14-15-11(17)16(10)8(2)13-9/h7,12H,3-6H2,1-2H3,(H,15,17). The van der Waals surface area contributed by atoms with Gasteiger partial charge in [-0.3, -0.25) is 0 Å². The van der Waals surface area contributed by atoms with E-state index in [4.69, 9.17) is 0 Å². The maximum atomic E-state index is 11.4. The van der Waals surface area contributed by atoms with Crippen molar-refractivity contribution in [2.45, 2.75) is 33.1 Å². The first-order chi connectivity index (χ1) is 8.22. The number of nitrogens with one attached hydrogen (secondary N) is 2. The van der Waals surface area contributed by atoms with E-state index in [2.05, 4.69) is 27.4 Å². The number of H-pyrrole nitrogens is 1. The number of hydrogen-bond donors (Lipinski definition) is 2. The molecule has 2 rings (SSSR count). The molecule has 0 bridgehead atoms. The van der Waals surface area contributed by atoms with E-state index in [1.54, 1.807) is 13.0 Å². The van der Waals surface area contributed by atoms with Gasteiger partial charge in [0.15, 0.2) is 5.65 Å². The highest BCUT2D eigenvalue weighted by atomic mass is 16.1. The molecule has 2 N–H and O–H groups in total. The minimum atomic E-state index is -0.248. The zero-order chi connectivity index (χ0) is 12.3. The lowest BCUT2D eigenvalue weighted by atomic mass is 10.2. The summed E-state index contributed by atoms with van der Waals surface area (Å²) in [6, 6.07) is 1.77. The lowest BCUT2D eigenvalue weighted by Crippen LogP contribution is -2.14. The van der Waals surface area contributed by atoms with Gasteiger partial charge in [0.2, 0.25) is 0 Å². The summed E-state index contributed by atoms with van der Waals surface area (Å²) in [4.78, 5) is 15.7. The lowest BCUT2D eigenvalue weighted by Gasteiger charge is -2.06. The van der Waals surface area contributed by atoms with Crippen LogP contribution in [0.3, 0.4) is 0 Å². The van der Waals surface area contributed by atoms with Crippen LogP contribution in [0.1, 0.15) is 32.0 Å². The van der Waals surface area contributed by atoms with E-state index in [0.717, 1.165) is 18.8 Å². The molecule has 0 unspecified atom stereocenters. The number of anilines is 1. The van der Waals surface area contributed by atoms with Gasteiger partial charge in [-0.05, 0) is 13.3 Å². The van der Waals surface area contributed by atoms with Crippen molar-refractivity contribution in [2.24, 2.45) is 0 Å². The molecule has 6 nitrogen and oxygen atoms in total. The first-order valence-electron chi connectivity index (χ1n) is 5.91. The third kappa shape index (κ3) is 2.46. The number of hydrogen-bond acceptors (Lipinski definition) is 4. The molecule has 0 atom stereocenters. The van der Waals surface area contributed by atoms with Crippen molar-refractivity contribution < 1.29 is 0 Å². The molecule has 2 heterocycles. The molecule has 0 aliphatic rings. The van der Waals surface area contributed by atoms with Crippen LogP contribution in [0.4, 0.5) is 5.82 Å². The zero-order valence-electron chi connectivity index (χ0n) is 10.2. The molecule has 0 aromatic carbocycles. The summed E-state index contributed by atoms with van der Waals surface area (Å²) in [5.74, 6) is 1.41. The SMILES string of the molecule is CCCCCNc1cc2n[nH]c(=O)n2c(C)n1. The molecule has 0 saturated heterocycles. The molecule has 6 heteroatoms. The van der Waals surface area contributed by atoms with Crippen LogP contribution < -0.4 is 11.0 Å². The lowest BCUT2D eigenvalue weighted by molar-refractivity contribution is 0.741. The van der Waals surface area contributed by atoms with Crippen LogP contribution in [0.15, 0.2) is 10.9 Å². The molecule has 17 heavy (non-hydrogen) atoms. The third-order valence-corrected chi connectivity index (χ3v) is 2.66. The van der Waals surface area contributed by atoms with Crippen molar-refractivity contribution in [3.05, 3.63) is 22.4 Å². The van der Waals surface area contributed by atoms with Crippen LogP contribution in [0.5, 0.6) is 0 Å². The van der Waals surface area contributed by atoms with E-state index < -0.39 is 0 Å². The molecule has 0 amide bonds. The van der Waals surface area contributed by atoms with Crippen molar-refractivity contribution in [2.75, 3.05) is 11.9 Å². The van der Waals surface area contributed by atoms with E-state index in [1.165, 1.54) is 17.2 Å². The molecule has 92 valence electrons. The fraction of sp³-hybridized carbons (Fsp3) is 0.545. The molecule has 2 aromatic rings. The summed E-state index contributed by atoms with van der Waals surface area (Å²) in [6.45, 7) is 4.86. The topological polar surface area (TPSA) is 75.1 Å². The second-order valence-corrected chi connectivity index (χ2v) is 4.04. The third-order valence-electron chi connectivity index (χ3n) is 2.66. The second kappa shape index (κ2) is 4.99. The average Bonchev–Trinajstić information content (AvgIpc) is 2.67. The molecule has 0 spiro atoms. The van der Waals surface area contributed by atoms with E-state index in [0.29, 0.717) is 11.5 Å². The predicted molar refractivity (Wildman–Crippen MR) is 66.4 cm³/mol. The largest absolute Gasteiger partial charge is 0.370 e. The predicted octanol–water partition coefficient (Wildman–Crippen LogP) is 1.33. The van der Waals surface area contributed by atoms with E-state index in [9.17, 15) is 4.79 Å². The maximum absolute atomic E-state index is 11.4. The van der Waals surface area contributed by atoms with Gasteiger partial charge < -0.3 is 5.32 Å². The number of rotatable bonds is 5. The summed E-state index contributed by atoms with van der Waals surface area (Å²) >= 11 is 0. The van der Waals surface area contributed by atoms with Gasteiger partial charge in [0.1, 0.15) is 11.6 Å². The van der Waals surface area contributed by atoms with Crippen LogP contribution >= 0.6 is 0 Å². The van der Waals surface area contributed by atoms with Crippen molar-refractivity contribution in [1.29, 1.82) is 0 Å². The number of aromatic amines is 1. The van der Waals surface area contributed by atoms with Crippen LogP contribution in [0.25, 0.3) is 5.65 Å². The van der Waals surface area contributed by atoms with Crippen molar-refractivity contribution >= 4 is 11.5 Å². The second-order valence-electron chi connectivity index (χ2n) is 4.04. The summed E-state index contributed by atoms with van der Waals surface area (Å²) in [6.07, 6.45) is 3.52. The van der Waals surface area contributed by atoms with E-state index in [-0.39, 0.29) is 5.69 Å². The summed E-state index contributed by atoms with van der Waals surface area (Å²) in [5, 5.41) is 9.58. The first kappa shape index (κ1) is 11.6. The Bertz CT molecular complexity index is 556. The molecular formula is C11H17N5O. The van der Waals surface area contributed by atoms with Gasteiger partial charge in [-0.25, -0.2) is 19.3 Å². The van der Waals surface area contributed by atoms with Crippen molar-refractivity contribution in [3.8, 4) is 0 Å². The zero-order valence-corrected chi connectivity index (χ0v) is 10.2. The number of nitrogens with zero attached hydrogens (tertiary/aromatic N) is 3. The van der Waals surface area contributed by atoms with E-state index >= 15 is 0 Å². The van der Waals surface area contributed by atoms with Gasteiger partial charge in [-0.1, -0.05) is 19.8 Å². The summed E-state index contributed by atoms with van der Waals surface area (Å²) < 4.78 is 1.46. The number of aromatic nitrogens is 4. The van der Waals surface area contributed by atoms with Crippen LogP contribution in [0, 0.1) is 6.92 Å². The molecule has 0 aliphatic carbocycles. The van der Waals surface area contributed by atoms with Crippen molar-refractivity contribution in [1.82, 2.24) is 19.6 Å². The normalized spacial score (nSPS) is 10.9. The van der Waals surface area contributed by atoms with Gasteiger partial charge in [0, 0.05) is 12.6 Å². The monoisotopic (exact) mass is 235 g/mol. The molecular weight excluding hydrogens is 218 g/mol. The van der Waals surface area contributed by atoms with Crippen molar-refractivity contribution in [3.63, 3.8) is 0 Å². The molecule has 0 aliphatic heterocycles. The number of aryl methyl sites for hydroxylation is 1. The molecule has 2 aromatic heterocycles. The smallest absolute Gasteiger partial charge is 0.349 e. The molecule has 0 saturated carbocycles. The first-order valence-corrected chi connectivity index (χ1v) is 5.91. The Morgan fingerprint density at radius 2 is 2.29 bits per heavy atom. The highest BCUT2D eigenvalue weighted by molar-refractivity contribution is 5.49. The fourth-order valence-electron chi connectivity index (χ4n) is 1.78. The minimum absolute atomic E-state index is 0.248. The van der Waals surface area contributed by atoms with Gasteiger partial charge in [0.05, 0.1) is 0 Å². The van der Waals surface area contributed by atoms with Gasteiger partial charge in [0.25, 0.3) is 0 Å².